The van der Waals surface area contributed by atoms with Crippen LogP contribution in [0.4, 0.5) is 0 Å². The van der Waals surface area contributed by atoms with E-state index >= 15 is 0 Å². The van der Waals surface area contributed by atoms with Gasteiger partial charge in [0, 0.05) is 16.3 Å². The van der Waals surface area contributed by atoms with Crippen LogP contribution in [-0.4, -0.2) is 16.6 Å². The molecule has 0 fully saturated rings. The molecule has 110 valence electrons. The number of aromatic nitrogens is 1. The highest BCUT2D eigenvalue weighted by Gasteiger charge is 2.16. The summed E-state index contributed by atoms with van der Waals surface area (Å²) in [7, 11) is 0. The average molecular weight is 330 g/mol. The molecule has 0 unspecified atom stereocenters. The normalized spacial score (nSPS) is 11.6. The Hall–Kier alpha value is -2.24. The van der Waals surface area contributed by atoms with Gasteiger partial charge in [0.2, 0.25) is 0 Å². The molecule has 0 bridgehead atoms. The summed E-state index contributed by atoms with van der Waals surface area (Å²) in [5.41, 5.74) is 3.88. The van der Waals surface area contributed by atoms with Crippen molar-refractivity contribution in [2.24, 2.45) is 5.10 Å². The number of rotatable bonds is 3. The molecule has 6 heteroatoms. The number of nitrogens with zero attached hydrogens (tertiary/aromatic N) is 2. The molecule has 22 heavy (non-hydrogen) atoms. The molecule has 0 aliphatic carbocycles. The number of amides is 1. The lowest BCUT2D eigenvalue weighted by atomic mass is 10.2. The SMILES string of the molecule is C/C(=N\NC(=O)c1sc2ccccc2c1Cl)c1ccccn1. The standard InChI is InChI=1S/C16H12ClN3OS/c1-10(12-7-4-5-9-18-12)19-20-16(21)15-14(17)11-6-2-3-8-13(11)22-15/h2-9H,1H3,(H,20,21)/b19-10+. The van der Waals surface area contributed by atoms with Gasteiger partial charge in [0.25, 0.3) is 5.91 Å². The summed E-state index contributed by atoms with van der Waals surface area (Å²) in [5.74, 6) is -0.318. The van der Waals surface area contributed by atoms with Gasteiger partial charge in [-0.15, -0.1) is 11.3 Å². The van der Waals surface area contributed by atoms with Crippen LogP contribution in [0, 0.1) is 0 Å². The Labute approximate surface area is 136 Å². The average Bonchev–Trinajstić information content (AvgIpc) is 2.90. The Bertz CT molecular complexity index is 858. The van der Waals surface area contributed by atoms with Gasteiger partial charge in [-0.25, -0.2) is 5.43 Å². The van der Waals surface area contributed by atoms with E-state index < -0.39 is 0 Å². The predicted molar refractivity (Wildman–Crippen MR) is 90.7 cm³/mol. The number of fused-ring (bicyclic) bond motifs is 1. The van der Waals surface area contributed by atoms with E-state index in [2.05, 4.69) is 15.5 Å². The van der Waals surface area contributed by atoms with E-state index in [4.69, 9.17) is 11.6 Å². The second-order valence-corrected chi connectivity index (χ2v) is 6.02. The molecule has 2 heterocycles. The summed E-state index contributed by atoms with van der Waals surface area (Å²) in [6.45, 7) is 1.79. The minimum atomic E-state index is -0.318. The molecule has 0 saturated heterocycles. The van der Waals surface area contributed by atoms with E-state index in [0.717, 1.165) is 10.1 Å². The third-order valence-corrected chi connectivity index (χ3v) is 4.78. The van der Waals surface area contributed by atoms with Crippen LogP contribution in [0.25, 0.3) is 10.1 Å². The third kappa shape index (κ3) is 2.86. The van der Waals surface area contributed by atoms with E-state index in [1.165, 1.54) is 11.3 Å². The molecule has 0 aliphatic heterocycles. The molecule has 1 N–H and O–H groups in total. The number of hydrogen-bond acceptors (Lipinski definition) is 4. The van der Waals surface area contributed by atoms with Crippen LogP contribution in [0.3, 0.4) is 0 Å². The summed E-state index contributed by atoms with van der Waals surface area (Å²) in [6, 6.07) is 13.2. The van der Waals surface area contributed by atoms with Crippen LogP contribution < -0.4 is 5.43 Å². The fourth-order valence-electron chi connectivity index (χ4n) is 1.98. The maximum atomic E-state index is 12.3. The molecule has 0 atom stereocenters. The van der Waals surface area contributed by atoms with Crippen LogP contribution in [0.2, 0.25) is 5.02 Å². The molecule has 0 saturated carbocycles. The summed E-state index contributed by atoms with van der Waals surface area (Å²) >= 11 is 7.62. The Morgan fingerprint density at radius 2 is 2.00 bits per heavy atom. The minimum Gasteiger partial charge on any atom is -0.266 e. The van der Waals surface area contributed by atoms with Crippen molar-refractivity contribution in [2.75, 3.05) is 0 Å². The van der Waals surface area contributed by atoms with Crippen LogP contribution in [0.5, 0.6) is 0 Å². The molecule has 0 aliphatic rings. The van der Waals surface area contributed by atoms with Crippen LogP contribution in [0.15, 0.2) is 53.8 Å². The fourth-order valence-corrected chi connectivity index (χ4v) is 3.39. The number of hydrazone groups is 1. The number of thiophene rings is 1. The quantitative estimate of drug-likeness (QED) is 0.581. The van der Waals surface area contributed by atoms with Gasteiger partial charge in [0.1, 0.15) is 4.88 Å². The third-order valence-electron chi connectivity index (χ3n) is 3.10. The highest BCUT2D eigenvalue weighted by molar-refractivity contribution is 7.21. The largest absolute Gasteiger partial charge is 0.283 e. The van der Waals surface area contributed by atoms with E-state index in [1.807, 2.05) is 42.5 Å². The van der Waals surface area contributed by atoms with Crippen molar-refractivity contribution in [2.45, 2.75) is 6.92 Å². The Morgan fingerprint density at radius 3 is 2.73 bits per heavy atom. The van der Waals surface area contributed by atoms with E-state index in [-0.39, 0.29) is 5.91 Å². The first kappa shape index (κ1) is 14.7. The lowest BCUT2D eigenvalue weighted by Gasteiger charge is -2.01. The Balaban J connectivity index is 1.83. The van der Waals surface area contributed by atoms with Crippen molar-refractivity contribution in [1.82, 2.24) is 10.4 Å². The maximum absolute atomic E-state index is 12.3. The zero-order chi connectivity index (χ0) is 15.5. The molecule has 2 aromatic heterocycles. The number of benzene rings is 1. The van der Waals surface area contributed by atoms with E-state index in [1.54, 1.807) is 13.1 Å². The zero-order valence-corrected chi connectivity index (χ0v) is 13.3. The first-order valence-corrected chi connectivity index (χ1v) is 7.79. The molecule has 0 spiro atoms. The maximum Gasteiger partial charge on any atom is 0.283 e. The van der Waals surface area contributed by atoms with Gasteiger partial charge in [0.05, 0.1) is 16.4 Å². The number of nitrogens with one attached hydrogen (secondary N) is 1. The van der Waals surface area contributed by atoms with Gasteiger partial charge in [-0.2, -0.15) is 5.10 Å². The lowest BCUT2D eigenvalue weighted by Crippen LogP contribution is -2.18. The van der Waals surface area contributed by atoms with Gasteiger partial charge in [-0.1, -0.05) is 35.9 Å². The monoisotopic (exact) mass is 329 g/mol. The van der Waals surface area contributed by atoms with Gasteiger partial charge >= 0.3 is 0 Å². The molecule has 3 aromatic rings. The predicted octanol–water partition coefficient (Wildman–Crippen LogP) is 4.10. The van der Waals surface area contributed by atoms with Gasteiger partial charge in [-0.05, 0) is 25.1 Å². The highest BCUT2D eigenvalue weighted by Crippen LogP contribution is 2.34. The van der Waals surface area contributed by atoms with E-state index in [9.17, 15) is 4.79 Å². The molecule has 3 rings (SSSR count). The fraction of sp³-hybridized carbons (Fsp3) is 0.0625. The number of carbonyl (C=O) groups excluding carboxylic acids is 1. The highest BCUT2D eigenvalue weighted by atomic mass is 35.5. The minimum absolute atomic E-state index is 0.318. The summed E-state index contributed by atoms with van der Waals surface area (Å²) in [6.07, 6.45) is 1.68. The van der Waals surface area contributed by atoms with Crippen molar-refractivity contribution < 1.29 is 4.79 Å². The van der Waals surface area contributed by atoms with E-state index in [0.29, 0.717) is 21.3 Å². The molecule has 1 aromatic carbocycles. The number of halogens is 1. The first-order valence-electron chi connectivity index (χ1n) is 6.60. The first-order chi connectivity index (χ1) is 10.7. The van der Waals surface area contributed by atoms with Crippen LogP contribution >= 0.6 is 22.9 Å². The topological polar surface area (TPSA) is 54.4 Å². The van der Waals surface area contributed by atoms with Crippen molar-refractivity contribution in [3.63, 3.8) is 0 Å². The summed E-state index contributed by atoms with van der Waals surface area (Å²) < 4.78 is 0.975. The second-order valence-electron chi connectivity index (χ2n) is 4.59. The second kappa shape index (κ2) is 6.25. The summed E-state index contributed by atoms with van der Waals surface area (Å²) in [5, 5.41) is 5.43. The van der Waals surface area contributed by atoms with Crippen molar-refractivity contribution >= 4 is 44.6 Å². The Morgan fingerprint density at radius 1 is 1.23 bits per heavy atom. The van der Waals surface area contributed by atoms with Gasteiger partial charge in [0.15, 0.2) is 0 Å². The Kier molecular flexibility index (Phi) is 4.18. The molecule has 4 nitrogen and oxygen atoms in total. The number of pyridine rings is 1. The lowest BCUT2D eigenvalue weighted by molar-refractivity contribution is 0.0959. The van der Waals surface area contributed by atoms with Gasteiger partial charge in [-0.3, -0.25) is 9.78 Å². The van der Waals surface area contributed by atoms with Crippen molar-refractivity contribution in [1.29, 1.82) is 0 Å². The zero-order valence-electron chi connectivity index (χ0n) is 11.7. The van der Waals surface area contributed by atoms with Crippen molar-refractivity contribution in [3.8, 4) is 0 Å². The molecule has 0 radical (unpaired) electrons. The summed E-state index contributed by atoms with van der Waals surface area (Å²) in [4.78, 5) is 16.9. The van der Waals surface area contributed by atoms with Crippen LogP contribution in [-0.2, 0) is 0 Å². The van der Waals surface area contributed by atoms with Gasteiger partial charge < -0.3 is 0 Å². The number of hydrogen-bond donors (Lipinski definition) is 1. The molecule has 1 amide bonds. The van der Waals surface area contributed by atoms with Crippen LogP contribution in [0.1, 0.15) is 22.3 Å². The molecular formula is C16H12ClN3OS. The number of carbonyl (C=O) groups is 1. The molecular weight excluding hydrogens is 318 g/mol. The smallest absolute Gasteiger partial charge is 0.266 e. The van der Waals surface area contributed by atoms with Crippen molar-refractivity contribution in [3.05, 3.63) is 64.3 Å².